The van der Waals surface area contributed by atoms with Crippen LogP contribution in [0.5, 0.6) is 0 Å². The Bertz CT molecular complexity index is 469. The second kappa shape index (κ2) is 5.21. The maximum Gasteiger partial charge on any atom is 0.307 e. The van der Waals surface area contributed by atoms with Crippen molar-refractivity contribution in [2.24, 2.45) is 5.92 Å². The van der Waals surface area contributed by atoms with Gasteiger partial charge in [-0.15, -0.1) is 0 Å². The number of carboxylic acid groups (broad SMARTS) is 1. The molecule has 0 amide bonds. The van der Waals surface area contributed by atoms with E-state index in [0.29, 0.717) is 13.0 Å². The zero-order valence-corrected chi connectivity index (χ0v) is 11.0. The zero-order chi connectivity index (χ0) is 13.2. The Balaban J connectivity index is 1.74. The van der Waals surface area contributed by atoms with E-state index in [1.807, 2.05) is 0 Å². The summed E-state index contributed by atoms with van der Waals surface area (Å²) in [5.41, 5.74) is 2.49. The van der Waals surface area contributed by atoms with Gasteiger partial charge in [0.25, 0.3) is 0 Å². The minimum absolute atomic E-state index is 0.184. The molecular weight excluding hydrogens is 240 g/mol. The predicted molar refractivity (Wildman–Crippen MR) is 74.4 cm³/mol. The van der Waals surface area contributed by atoms with Gasteiger partial charge in [0.15, 0.2) is 0 Å². The Morgan fingerprint density at radius 2 is 2.11 bits per heavy atom. The van der Waals surface area contributed by atoms with Crippen molar-refractivity contribution in [3.05, 3.63) is 29.8 Å². The molecule has 2 atom stereocenters. The third-order valence-electron chi connectivity index (χ3n) is 4.22. The van der Waals surface area contributed by atoms with E-state index in [9.17, 15) is 4.79 Å². The van der Waals surface area contributed by atoms with Crippen LogP contribution in [0.4, 0.5) is 5.69 Å². The van der Waals surface area contributed by atoms with Gasteiger partial charge in [-0.3, -0.25) is 4.79 Å². The Labute approximate surface area is 113 Å². The summed E-state index contributed by atoms with van der Waals surface area (Å²) < 4.78 is 0. The summed E-state index contributed by atoms with van der Waals surface area (Å²) in [7, 11) is 0. The van der Waals surface area contributed by atoms with E-state index in [1.165, 1.54) is 24.1 Å². The topological polar surface area (TPSA) is 52.6 Å². The Morgan fingerprint density at radius 1 is 1.32 bits per heavy atom. The van der Waals surface area contributed by atoms with E-state index in [1.54, 1.807) is 0 Å². The molecule has 2 saturated heterocycles. The minimum atomic E-state index is -0.689. The molecule has 102 valence electrons. The molecule has 0 spiro atoms. The number of nitrogens with zero attached hydrogens (tertiary/aromatic N) is 1. The molecule has 2 N–H and O–H groups in total. The zero-order valence-electron chi connectivity index (χ0n) is 11.0. The van der Waals surface area contributed by atoms with Gasteiger partial charge < -0.3 is 15.3 Å². The normalized spacial score (nSPS) is 26.8. The highest BCUT2D eigenvalue weighted by atomic mass is 16.4. The third kappa shape index (κ3) is 2.59. The highest BCUT2D eigenvalue weighted by Crippen LogP contribution is 2.30. The number of rotatable bonds is 3. The van der Waals surface area contributed by atoms with Crippen LogP contribution in [0.1, 0.15) is 30.9 Å². The van der Waals surface area contributed by atoms with Gasteiger partial charge in [0, 0.05) is 31.4 Å². The average molecular weight is 260 g/mol. The molecule has 0 aromatic heterocycles. The lowest BCUT2D eigenvalue weighted by molar-refractivity contribution is -0.141. The molecule has 0 aliphatic carbocycles. The lowest BCUT2D eigenvalue weighted by atomic mass is 9.99. The predicted octanol–water partition coefficient (Wildman–Crippen LogP) is 2.02. The highest BCUT2D eigenvalue weighted by Gasteiger charge is 2.30. The molecule has 2 unspecified atom stereocenters. The van der Waals surface area contributed by atoms with Crippen LogP contribution in [0.15, 0.2) is 24.3 Å². The lowest BCUT2D eigenvalue weighted by Gasteiger charge is -2.20. The Hall–Kier alpha value is -1.55. The standard InChI is InChI=1S/C15H20N2O2/c18-15(19)12-9-14(16-10-12)11-4-3-5-13(8-11)17-6-1-2-7-17/h3-5,8,12,14,16H,1-2,6-7,9-10H2,(H,18,19). The van der Waals surface area contributed by atoms with Gasteiger partial charge in [-0.1, -0.05) is 12.1 Å². The Morgan fingerprint density at radius 3 is 2.79 bits per heavy atom. The van der Waals surface area contributed by atoms with Gasteiger partial charge >= 0.3 is 5.97 Å². The van der Waals surface area contributed by atoms with E-state index in [4.69, 9.17) is 5.11 Å². The van der Waals surface area contributed by atoms with Crippen LogP contribution in [0.2, 0.25) is 0 Å². The van der Waals surface area contributed by atoms with Crippen LogP contribution in [0, 0.1) is 5.92 Å². The number of benzene rings is 1. The van der Waals surface area contributed by atoms with Crippen molar-refractivity contribution in [1.82, 2.24) is 5.32 Å². The molecular formula is C15H20N2O2. The van der Waals surface area contributed by atoms with Crippen molar-refractivity contribution in [1.29, 1.82) is 0 Å². The Kier molecular flexibility index (Phi) is 3.42. The van der Waals surface area contributed by atoms with E-state index in [0.717, 1.165) is 13.1 Å². The molecule has 4 heteroatoms. The third-order valence-corrected chi connectivity index (χ3v) is 4.22. The van der Waals surface area contributed by atoms with Crippen LogP contribution in [0.3, 0.4) is 0 Å². The van der Waals surface area contributed by atoms with E-state index in [2.05, 4.69) is 34.5 Å². The second-order valence-corrected chi connectivity index (χ2v) is 5.52. The molecule has 1 aromatic carbocycles. The van der Waals surface area contributed by atoms with Gasteiger partial charge in [-0.05, 0) is 37.0 Å². The van der Waals surface area contributed by atoms with Crippen molar-refractivity contribution < 1.29 is 9.90 Å². The average Bonchev–Trinajstić information content (AvgIpc) is 3.10. The van der Waals surface area contributed by atoms with E-state index in [-0.39, 0.29) is 12.0 Å². The SMILES string of the molecule is O=C(O)C1CNC(c2cccc(N3CCCC3)c2)C1. The molecule has 1 aromatic rings. The van der Waals surface area contributed by atoms with Gasteiger partial charge in [0.05, 0.1) is 5.92 Å². The maximum absolute atomic E-state index is 11.0. The molecule has 2 fully saturated rings. The van der Waals surface area contributed by atoms with Gasteiger partial charge in [0.1, 0.15) is 0 Å². The largest absolute Gasteiger partial charge is 0.481 e. The summed E-state index contributed by atoms with van der Waals surface area (Å²) >= 11 is 0. The van der Waals surface area contributed by atoms with Gasteiger partial charge in [-0.25, -0.2) is 0 Å². The van der Waals surface area contributed by atoms with Crippen LogP contribution in [0.25, 0.3) is 0 Å². The summed E-state index contributed by atoms with van der Waals surface area (Å²) in [6.07, 6.45) is 3.23. The summed E-state index contributed by atoms with van der Waals surface area (Å²) in [5, 5.41) is 12.4. The minimum Gasteiger partial charge on any atom is -0.481 e. The number of carbonyl (C=O) groups is 1. The molecule has 3 rings (SSSR count). The molecule has 0 bridgehead atoms. The summed E-state index contributed by atoms with van der Waals surface area (Å²) in [6.45, 7) is 2.85. The molecule has 0 radical (unpaired) electrons. The molecule has 2 aliphatic rings. The van der Waals surface area contributed by atoms with Crippen molar-refractivity contribution in [3.8, 4) is 0 Å². The van der Waals surface area contributed by atoms with Crippen molar-refractivity contribution in [3.63, 3.8) is 0 Å². The summed E-state index contributed by atoms with van der Waals surface area (Å²) in [4.78, 5) is 13.4. The fourth-order valence-corrected chi connectivity index (χ4v) is 3.09. The first-order chi connectivity index (χ1) is 9.24. The summed E-state index contributed by atoms with van der Waals surface area (Å²) in [6, 6.07) is 8.73. The fourth-order valence-electron chi connectivity index (χ4n) is 3.09. The van der Waals surface area contributed by atoms with E-state index < -0.39 is 5.97 Å². The second-order valence-electron chi connectivity index (χ2n) is 5.52. The molecule has 4 nitrogen and oxygen atoms in total. The van der Waals surface area contributed by atoms with Crippen molar-refractivity contribution in [2.75, 3.05) is 24.5 Å². The van der Waals surface area contributed by atoms with Gasteiger partial charge in [0.2, 0.25) is 0 Å². The number of aliphatic carboxylic acids is 1. The molecule has 2 heterocycles. The quantitative estimate of drug-likeness (QED) is 0.873. The first-order valence-electron chi connectivity index (χ1n) is 7.05. The summed E-state index contributed by atoms with van der Waals surface area (Å²) in [5.74, 6) is -0.939. The molecule has 0 saturated carbocycles. The fraction of sp³-hybridized carbons (Fsp3) is 0.533. The monoisotopic (exact) mass is 260 g/mol. The van der Waals surface area contributed by atoms with Crippen LogP contribution >= 0.6 is 0 Å². The van der Waals surface area contributed by atoms with Crippen LogP contribution < -0.4 is 10.2 Å². The first kappa shape index (κ1) is 12.5. The molecule has 2 aliphatic heterocycles. The maximum atomic E-state index is 11.0. The smallest absolute Gasteiger partial charge is 0.307 e. The van der Waals surface area contributed by atoms with Crippen LogP contribution in [-0.4, -0.2) is 30.7 Å². The van der Waals surface area contributed by atoms with E-state index >= 15 is 0 Å². The number of carboxylic acids is 1. The number of hydrogen-bond donors (Lipinski definition) is 2. The number of hydrogen-bond acceptors (Lipinski definition) is 3. The van der Waals surface area contributed by atoms with Crippen molar-refractivity contribution in [2.45, 2.75) is 25.3 Å². The van der Waals surface area contributed by atoms with Gasteiger partial charge in [-0.2, -0.15) is 0 Å². The van der Waals surface area contributed by atoms with Crippen molar-refractivity contribution >= 4 is 11.7 Å². The lowest BCUT2D eigenvalue weighted by Crippen LogP contribution is -2.19. The first-order valence-corrected chi connectivity index (χ1v) is 7.05. The highest BCUT2D eigenvalue weighted by molar-refractivity contribution is 5.70. The number of nitrogens with one attached hydrogen (secondary N) is 1. The van der Waals surface area contributed by atoms with Crippen LogP contribution in [-0.2, 0) is 4.79 Å². The number of anilines is 1. The molecule has 19 heavy (non-hydrogen) atoms.